The van der Waals surface area contributed by atoms with Gasteiger partial charge in [0.2, 0.25) is 10.0 Å². The molecule has 2 aliphatic carbocycles. The number of aryl methyl sites for hydroxylation is 2. The number of rotatable bonds is 9. The number of carbonyl (C=O) groups is 1. The quantitative estimate of drug-likeness (QED) is 0.350. The molecule has 2 bridgehead atoms. The lowest BCUT2D eigenvalue weighted by Gasteiger charge is -2.36. The number of hydrogen-bond acceptors (Lipinski definition) is 6. The Morgan fingerprint density at radius 1 is 1.11 bits per heavy atom. The summed E-state index contributed by atoms with van der Waals surface area (Å²) in [5, 5.41) is 9.61. The number of nitrogens with zero attached hydrogens (tertiary/aromatic N) is 3. The molecule has 7 nitrogen and oxygen atoms in total. The number of carbonyl (C=O) groups excluding carboxylic acids is 1. The summed E-state index contributed by atoms with van der Waals surface area (Å²) < 4.78 is 31.8. The first-order valence-electron chi connectivity index (χ1n) is 13.2. The number of sulfonamides is 1. The van der Waals surface area contributed by atoms with Crippen LogP contribution < -0.4 is 4.72 Å². The molecule has 2 aliphatic rings. The molecule has 38 heavy (non-hydrogen) atoms. The summed E-state index contributed by atoms with van der Waals surface area (Å²) in [4.78, 5) is 13.0. The summed E-state index contributed by atoms with van der Waals surface area (Å²) in [5.74, 6) is 1.41. The highest BCUT2D eigenvalue weighted by molar-refractivity contribution is 7.98. The van der Waals surface area contributed by atoms with E-state index in [1.807, 2.05) is 41.8 Å². The van der Waals surface area contributed by atoms with Gasteiger partial charge in [0.1, 0.15) is 5.78 Å². The smallest absolute Gasteiger partial charge is 0.213 e. The molecule has 9 heteroatoms. The van der Waals surface area contributed by atoms with Gasteiger partial charge in [-0.15, -0.1) is 10.2 Å². The maximum atomic E-state index is 13.5. The van der Waals surface area contributed by atoms with E-state index in [1.54, 1.807) is 18.7 Å². The Bertz CT molecular complexity index is 1460. The van der Waals surface area contributed by atoms with E-state index in [1.165, 1.54) is 11.1 Å². The van der Waals surface area contributed by atoms with E-state index < -0.39 is 21.5 Å². The zero-order valence-electron chi connectivity index (χ0n) is 22.7. The zero-order valence-corrected chi connectivity index (χ0v) is 24.3. The average Bonchev–Trinajstić information content (AvgIpc) is 3.43. The molecule has 5 rings (SSSR count). The highest BCUT2D eigenvalue weighted by atomic mass is 32.2. The van der Waals surface area contributed by atoms with E-state index in [-0.39, 0.29) is 22.9 Å². The van der Waals surface area contributed by atoms with Gasteiger partial charge in [-0.3, -0.25) is 9.36 Å². The minimum atomic E-state index is -3.78. The van der Waals surface area contributed by atoms with Gasteiger partial charge < -0.3 is 0 Å². The van der Waals surface area contributed by atoms with Crippen molar-refractivity contribution in [1.82, 2.24) is 19.5 Å². The third kappa shape index (κ3) is 4.84. The van der Waals surface area contributed by atoms with Crippen LogP contribution in [0.1, 0.15) is 68.6 Å². The lowest BCUT2D eigenvalue weighted by atomic mass is 9.70. The number of aromatic nitrogens is 3. The summed E-state index contributed by atoms with van der Waals surface area (Å²) in [7, 11) is -3.78. The number of hydrogen-bond donors (Lipinski definition) is 1. The van der Waals surface area contributed by atoms with Crippen LogP contribution in [-0.4, -0.2) is 34.7 Å². The normalized spacial score (nSPS) is 23.2. The molecule has 3 atom stereocenters. The van der Waals surface area contributed by atoms with Gasteiger partial charge in [-0.05, 0) is 62.6 Å². The molecule has 0 aliphatic heterocycles. The van der Waals surface area contributed by atoms with Gasteiger partial charge in [-0.25, -0.2) is 13.1 Å². The standard InChI is InChI=1S/C29H36N4O3S2/c1-19-9-11-24(12-10-19)33-26(30-31-27(33)37-17-22-8-6-7-20(2)15-22)21(3)32-38(35,36)18-29-14-13-23(16-25(29)34)28(29,4)5/h6-12,15,21,23,32H,13-14,16-18H2,1-5H3. The van der Waals surface area contributed by atoms with Crippen LogP contribution in [0.25, 0.3) is 5.69 Å². The number of nitrogens with one attached hydrogen (secondary N) is 1. The third-order valence-corrected chi connectivity index (χ3v) is 11.3. The Morgan fingerprint density at radius 2 is 1.84 bits per heavy atom. The first kappa shape index (κ1) is 27.1. The fourth-order valence-electron chi connectivity index (χ4n) is 6.34. The lowest BCUT2D eigenvalue weighted by Crippen LogP contribution is -2.45. The van der Waals surface area contributed by atoms with Gasteiger partial charge in [0, 0.05) is 23.3 Å². The molecule has 0 amide bonds. The molecule has 3 aromatic rings. The van der Waals surface area contributed by atoms with Gasteiger partial charge in [-0.1, -0.05) is 73.1 Å². The van der Waals surface area contributed by atoms with Gasteiger partial charge in [0.15, 0.2) is 11.0 Å². The Hall–Kier alpha value is -2.49. The van der Waals surface area contributed by atoms with Crippen LogP contribution in [0.4, 0.5) is 0 Å². The topological polar surface area (TPSA) is 93.9 Å². The van der Waals surface area contributed by atoms with E-state index in [0.717, 1.165) is 17.7 Å². The molecular weight excluding hydrogens is 516 g/mol. The fourth-order valence-corrected chi connectivity index (χ4v) is 9.29. The van der Waals surface area contributed by atoms with E-state index in [4.69, 9.17) is 0 Å². The van der Waals surface area contributed by atoms with Crippen molar-refractivity contribution in [3.8, 4) is 5.69 Å². The molecule has 2 saturated carbocycles. The van der Waals surface area contributed by atoms with Crippen molar-refractivity contribution in [2.24, 2.45) is 16.7 Å². The van der Waals surface area contributed by atoms with Gasteiger partial charge in [-0.2, -0.15) is 0 Å². The fraction of sp³-hybridized carbons (Fsp3) is 0.483. The lowest BCUT2D eigenvalue weighted by molar-refractivity contribution is -0.128. The third-order valence-electron chi connectivity index (χ3n) is 8.72. The predicted octanol–water partition coefficient (Wildman–Crippen LogP) is 5.55. The molecular formula is C29H36N4O3S2. The number of ketones is 1. The van der Waals surface area contributed by atoms with E-state index in [9.17, 15) is 13.2 Å². The number of fused-ring (bicyclic) bond motifs is 2. The minimum Gasteiger partial charge on any atom is -0.299 e. The van der Waals surface area contributed by atoms with Crippen LogP contribution in [0, 0.1) is 30.6 Å². The second-order valence-corrected chi connectivity index (χ2v) is 14.3. The van der Waals surface area contributed by atoms with Gasteiger partial charge >= 0.3 is 0 Å². The highest BCUT2D eigenvalue weighted by Gasteiger charge is 2.65. The second kappa shape index (κ2) is 9.92. The molecule has 202 valence electrons. The molecule has 1 heterocycles. The van der Waals surface area contributed by atoms with Crippen molar-refractivity contribution in [1.29, 1.82) is 0 Å². The predicted molar refractivity (Wildman–Crippen MR) is 151 cm³/mol. The first-order valence-corrected chi connectivity index (χ1v) is 15.8. The van der Waals surface area contributed by atoms with Crippen LogP contribution in [0.3, 0.4) is 0 Å². The van der Waals surface area contributed by atoms with E-state index in [0.29, 0.717) is 29.6 Å². The Kier molecular flexibility index (Phi) is 7.07. The van der Waals surface area contributed by atoms with Crippen molar-refractivity contribution in [3.63, 3.8) is 0 Å². The van der Waals surface area contributed by atoms with Crippen LogP contribution in [0.5, 0.6) is 0 Å². The van der Waals surface area contributed by atoms with Gasteiger partial charge in [0.05, 0.1) is 11.8 Å². The Balaban J connectivity index is 1.42. The molecule has 0 radical (unpaired) electrons. The maximum absolute atomic E-state index is 13.5. The van der Waals surface area contributed by atoms with Crippen LogP contribution in [0.15, 0.2) is 53.7 Å². The number of Topliss-reactive ketones (excluding diaryl/α,β-unsaturated/α-hetero) is 1. The van der Waals surface area contributed by atoms with Crippen LogP contribution >= 0.6 is 11.8 Å². The van der Waals surface area contributed by atoms with Crippen molar-refractivity contribution >= 4 is 27.6 Å². The Labute approximate surface area is 229 Å². The van der Waals surface area contributed by atoms with E-state index in [2.05, 4.69) is 53.9 Å². The molecule has 1 N–H and O–H groups in total. The molecule has 2 fully saturated rings. The van der Waals surface area contributed by atoms with Crippen molar-refractivity contribution in [2.45, 2.75) is 70.8 Å². The molecule has 2 aromatic carbocycles. The summed E-state index contributed by atoms with van der Waals surface area (Å²) >= 11 is 1.57. The van der Waals surface area contributed by atoms with Crippen LogP contribution in [0.2, 0.25) is 0 Å². The number of thioether (sulfide) groups is 1. The van der Waals surface area contributed by atoms with Crippen molar-refractivity contribution in [3.05, 3.63) is 71.0 Å². The summed E-state index contributed by atoms with van der Waals surface area (Å²) in [5.41, 5.74) is 3.25. The van der Waals surface area contributed by atoms with E-state index >= 15 is 0 Å². The highest BCUT2D eigenvalue weighted by Crippen LogP contribution is 2.64. The minimum absolute atomic E-state index is 0.0921. The van der Waals surface area contributed by atoms with Gasteiger partial charge in [0.25, 0.3) is 0 Å². The summed E-state index contributed by atoms with van der Waals surface area (Å²) in [6.07, 6.45) is 2.03. The maximum Gasteiger partial charge on any atom is 0.213 e. The summed E-state index contributed by atoms with van der Waals surface area (Å²) in [6, 6.07) is 15.8. The monoisotopic (exact) mass is 552 g/mol. The average molecular weight is 553 g/mol. The molecule has 0 spiro atoms. The number of benzene rings is 2. The van der Waals surface area contributed by atoms with Crippen molar-refractivity contribution in [2.75, 3.05) is 5.75 Å². The first-order chi connectivity index (χ1) is 17.9. The zero-order chi connectivity index (χ0) is 27.3. The molecule has 1 aromatic heterocycles. The Morgan fingerprint density at radius 3 is 2.47 bits per heavy atom. The molecule has 0 saturated heterocycles. The second-order valence-electron chi connectivity index (χ2n) is 11.6. The summed E-state index contributed by atoms with van der Waals surface area (Å²) in [6.45, 7) is 10.00. The van der Waals surface area contributed by atoms with Crippen LogP contribution in [-0.2, 0) is 20.6 Å². The SMILES string of the molecule is Cc1ccc(-n2c(SCc3cccc(C)c3)nnc2C(C)NS(=O)(=O)CC23CCC(CC2=O)C3(C)C)cc1. The molecule has 3 unspecified atom stereocenters. The largest absolute Gasteiger partial charge is 0.299 e. The van der Waals surface area contributed by atoms with Crippen molar-refractivity contribution < 1.29 is 13.2 Å².